The normalized spacial score (nSPS) is 12.4. The SMILES string of the molecule is COC(CNCCNC(C)(C)C)OC. The van der Waals surface area contributed by atoms with Crippen LogP contribution in [-0.2, 0) is 9.47 Å². The highest BCUT2D eigenvalue weighted by molar-refractivity contribution is 4.70. The third-order valence-corrected chi connectivity index (χ3v) is 1.79. The van der Waals surface area contributed by atoms with E-state index < -0.39 is 0 Å². The van der Waals surface area contributed by atoms with Crippen LogP contribution in [0.3, 0.4) is 0 Å². The van der Waals surface area contributed by atoms with Crippen molar-refractivity contribution in [3.63, 3.8) is 0 Å². The Morgan fingerprint density at radius 1 is 1.07 bits per heavy atom. The van der Waals surface area contributed by atoms with Crippen molar-refractivity contribution in [2.45, 2.75) is 32.6 Å². The van der Waals surface area contributed by atoms with Crippen LogP contribution in [0.15, 0.2) is 0 Å². The van der Waals surface area contributed by atoms with Gasteiger partial charge in [-0.3, -0.25) is 0 Å². The standard InChI is InChI=1S/C10H24N2O2/c1-10(2,3)12-7-6-11-8-9(13-4)14-5/h9,11-12H,6-8H2,1-5H3. The first-order valence-corrected chi connectivity index (χ1v) is 5.01. The molecule has 2 N–H and O–H groups in total. The molecule has 0 heterocycles. The van der Waals surface area contributed by atoms with E-state index in [1.807, 2.05) is 0 Å². The Labute approximate surface area is 87.4 Å². The average molecular weight is 204 g/mol. The predicted molar refractivity (Wildman–Crippen MR) is 58.4 cm³/mol. The molecule has 0 amide bonds. The molecule has 0 rings (SSSR count). The molecule has 0 spiro atoms. The van der Waals surface area contributed by atoms with Crippen molar-refractivity contribution < 1.29 is 9.47 Å². The Morgan fingerprint density at radius 2 is 1.64 bits per heavy atom. The molecular formula is C10H24N2O2. The first kappa shape index (κ1) is 13.8. The first-order valence-electron chi connectivity index (χ1n) is 5.01. The summed E-state index contributed by atoms with van der Waals surface area (Å²) in [5.74, 6) is 0. The number of nitrogens with one attached hydrogen (secondary N) is 2. The van der Waals surface area contributed by atoms with Crippen molar-refractivity contribution >= 4 is 0 Å². The summed E-state index contributed by atoms with van der Waals surface area (Å²) in [5.41, 5.74) is 0.184. The van der Waals surface area contributed by atoms with Crippen LogP contribution in [0, 0.1) is 0 Å². The van der Waals surface area contributed by atoms with Crippen LogP contribution in [0.1, 0.15) is 20.8 Å². The monoisotopic (exact) mass is 204 g/mol. The zero-order valence-electron chi connectivity index (χ0n) is 10.0. The van der Waals surface area contributed by atoms with Gasteiger partial charge in [0.2, 0.25) is 0 Å². The van der Waals surface area contributed by atoms with E-state index in [9.17, 15) is 0 Å². The number of hydrogen-bond acceptors (Lipinski definition) is 4. The number of ether oxygens (including phenoxy) is 2. The minimum absolute atomic E-state index is 0.148. The van der Waals surface area contributed by atoms with Crippen LogP contribution in [-0.4, -0.2) is 45.7 Å². The van der Waals surface area contributed by atoms with Crippen molar-refractivity contribution in [2.75, 3.05) is 33.9 Å². The minimum Gasteiger partial charge on any atom is -0.355 e. The molecule has 0 atom stereocenters. The summed E-state index contributed by atoms with van der Waals surface area (Å²) in [6, 6.07) is 0. The third kappa shape index (κ3) is 8.44. The van der Waals surface area contributed by atoms with Crippen molar-refractivity contribution in [3.05, 3.63) is 0 Å². The van der Waals surface area contributed by atoms with Gasteiger partial charge in [0.1, 0.15) is 0 Å². The van der Waals surface area contributed by atoms with Gasteiger partial charge in [0.15, 0.2) is 6.29 Å². The van der Waals surface area contributed by atoms with Gasteiger partial charge in [0.05, 0.1) is 0 Å². The molecule has 0 radical (unpaired) electrons. The number of hydrogen-bond donors (Lipinski definition) is 2. The van der Waals surface area contributed by atoms with Crippen molar-refractivity contribution in [1.82, 2.24) is 10.6 Å². The van der Waals surface area contributed by atoms with E-state index in [0.717, 1.165) is 19.6 Å². The minimum atomic E-state index is -0.148. The van der Waals surface area contributed by atoms with Gasteiger partial charge in [-0.25, -0.2) is 0 Å². The Morgan fingerprint density at radius 3 is 2.07 bits per heavy atom. The van der Waals surface area contributed by atoms with Gasteiger partial charge in [-0.15, -0.1) is 0 Å². The fraction of sp³-hybridized carbons (Fsp3) is 1.00. The molecule has 0 aromatic rings. The van der Waals surface area contributed by atoms with Gasteiger partial charge >= 0.3 is 0 Å². The first-order chi connectivity index (χ1) is 6.49. The molecule has 0 unspecified atom stereocenters. The molecule has 86 valence electrons. The number of rotatable bonds is 7. The largest absolute Gasteiger partial charge is 0.355 e. The van der Waals surface area contributed by atoms with E-state index in [0.29, 0.717) is 0 Å². The fourth-order valence-electron chi connectivity index (χ4n) is 1.01. The topological polar surface area (TPSA) is 42.5 Å². The molecule has 0 fully saturated rings. The van der Waals surface area contributed by atoms with Crippen LogP contribution in [0.5, 0.6) is 0 Å². The van der Waals surface area contributed by atoms with E-state index in [1.54, 1.807) is 14.2 Å². The van der Waals surface area contributed by atoms with Crippen LogP contribution < -0.4 is 10.6 Å². The molecule has 4 nitrogen and oxygen atoms in total. The lowest BCUT2D eigenvalue weighted by molar-refractivity contribution is -0.0986. The summed E-state index contributed by atoms with van der Waals surface area (Å²) in [6.07, 6.45) is -0.148. The lowest BCUT2D eigenvalue weighted by atomic mass is 10.1. The zero-order valence-corrected chi connectivity index (χ0v) is 10.0. The Kier molecular flexibility index (Phi) is 7.09. The molecule has 4 heteroatoms. The molecule has 0 bridgehead atoms. The predicted octanol–water partition coefficient (Wildman–Crippen LogP) is 0.583. The molecule has 0 aliphatic carbocycles. The maximum atomic E-state index is 5.04. The molecule has 0 aliphatic heterocycles. The zero-order chi connectivity index (χ0) is 11.0. The van der Waals surface area contributed by atoms with Crippen molar-refractivity contribution in [1.29, 1.82) is 0 Å². The smallest absolute Gasteiger partial charge is 0.169 e. The van der Waals surface area contributed by atoms with Gasteiger partial charge < -0.3 is 20.1 Å². The molecule has 0 aliphatic rings. The van der Waals surface area contributed by atoms with Crippen molar-refractivity contribution in [3.8, 4) is 0 Å². The van der Waals surface area contributed by atoms with E-state index in [4.69, 9.17) is 9.47 Å². The lowest BCUT2D eigenvalue weighted by Gasteiger charge is -2.21. The maximum absolute atomic E-state index is 5.04. The molecule has 0 saturated carbocycles. The van der Waals surface area contributed by atoms with Crippen LogP contribution in [0.2, 0.25) is 0 Å². The quantitative estimate of drug-likeness (QED) is 0.470. The molecule has 0 saturated heterocycles. The van der Waals surface area contributed by atoms with Crippen LogP contribution in [0.25, 0.3) is 0 Å². The average Bonchev–Trinajstić information content (AvgIpc) is 2.09. The lowest BCUT2D eigenvalue weighted by Crippen LogP contribution is -2.41. The highest BCUT2D eigenvalue weighted by atomic mass is 16.7. The molecule has 0 aromatic heterocycles. The molecule has 14 heavy (non-hydrogen) atoms. The Hall–Kier alpha value is -0.160. The summed E-state index contributed by atoms with van der Waals surface area (Å²) >= 11 is 0. The second-order valence-electron chi connectivity index (χ2n) is 4.28. The fourth-order valence-corrected chi connectivity index (χ4v) is 1.01. The summed E-state index contributed by atoms with van der Waals surface area (Å²) in [4.78, 5) is 0. The summed E-state index contributed by atoms with van der Waals surface area (Å²) in [6.45, 7) is 9.04. The molecule has 0 aromatic carbocycles. The van der Waals surface area contributed by atoms with Crippen LogP contribution >= 0.6 is 0 Å². The third-order valence-electron chi connectivity index (χ3n) is 1.79. The van der Waals surface area contributed by atoms with Gasteiger partial charge in [-0.05, 0) is 20.8 Å². The van der Waals surface area contributed by atoms with E-state index in [2.05, 4.69) is 31.4 Å². The second kappa shape index (κ2) is 7.17. The Balaban J connectivity index is 3.29. The van der Waals surface area contributed by atoms with E-state index >= 15 is 0 Å². The second-order valence-corrected chi connectivity index (χ2v) is 4.28. The van der Waals surface area contributed by atoms with Crippen molar-refractivity contribution in [2.24, 2.45) is 0 Å². The van der Waals surface area contributed by atoms with Gasteiger partial charge in [-0.1, -0.05) is 0 Å². The summed E-state index contributed by atoms with van der Waals surface area (Å²) < 4.78 is 10.1. The highest BCUT2D eigenvalue weighted by Crippen LogP contribution is 1.96. The molecular weight excluding hydrogens is 180 g/mol. The van der Waals surface area contributed by atoms with Crippen LogP contribution in [0.4, 0.5) is 0 Å². The number of methoxy groups -OCH3 is 2. The summed E-state index contributed by atoms with van der Waals surface area (Å²) in [7, 11) is 3.28. The van der Waals surface area contributed by atoms with Gasteiger partial charge in [0.25, 0.3) is 0 Å². The van der Waals surface area contributed by atoms with Gasteiger partial charge in [-0.2, -0.15) is 0 Å². The van der Waals surface area contributed by atoms with E-state index in [-0.39, 0.29) is 11.8 Å². The highest BCUT2D eigenvalue weighted by Gasteiger charge is 2.07. The van der Waals surface area contributed by atoms with E-state index in [1.165, 1.54) is 0 Å². The Bertz CT molecular complexity index is 131. The summed E-state index contributed by atoms with van der Waals surface area (Å²) in [5, 5.41) is 6.63. The maximum Gasteiger partial charge on any atom is 0.169 e. The van der Waals surface area contributed by atoms with Gasteiger partial charge in [0, 0.05) is 39.4 Å².